The van der Waals surface area contributed by atoms with E-state index in [4.69, 9.17) is 14.2 Å². The Morgan fingerprint density at radius 2 is 1.74 bits per heavy atom. The van der Waals surface area contributed by atoms with E-state index < -0.39 is 20.6 Å². The summed E-state index contributed by atoms with van der Waals surface area (Å²) >= 11 is 0. The molecule has 7 nitrogen and oxygen atoms in total. The molecule has 1 fully saturated rings. The van der Waals surface area contributed by atoms with Gasteiger partial charge >= 0.3 is 5.97 Å². The topological polar surface area (TPSA) is 82.1 Å². The van der Waals surface area contributed by atoms with Crippen LogP contribution in [0.5, 0.6) is 11.5 Å². The molecule has 0 saturated carbocycles. The van der Waals surface area contributed by atoms with Crippen LogP contribution < -0.4 is 9.47 Å². The van der Waals surface area contributed by atoms with E-state index in [0.29, 0.717) is 23.7 Å². The van der Waals surface area contributed by atoms with E-state index in [-0.39, 0.29) is 17.9 Å². The summed E-state index contributed by atoms with van der Waals surface area (Å²) in [5.41, 5.74) is 0.683. The third kappa shape index (κ3) is 6.10. The van der Waals surface area contributed by atoms with Crippen LogP contribution in [-0.4, -0.2) is 64.0 Å². The van der Waals surface area contributed by atoms with E-state index in [1.807, 2.05) is 12.1 Å². The standard InChI is InChI=1S/C26H35NO6S/c1-4-32-25(28)26(2,34(29,30)24-13-11-22(31-3)12-14-24)20-21-9-8-10-23(19-21)33-18-17-27-15-6-5-7-16-27/h8-14,19H,4-7,15-18,20H2,1-3H3. The first-order valence-electron chi connectivity index (χ1n) is 11.8. The number of ether oxygens (including phenoxy) is 3. The van der Waals surface area contributed by atoms with Crippen molar-refractivity contribution >= 4 is 15.8 Å². The Kier molecular flexibility index (Phi) is 8.97. The van der Waals surface area contributed by atoms with Crippen molar-refractivity contribution in [3.63, 3.8) is 0 Å². The highest BCUT2D eigenvalue weighted by atomic mass is 32.2. The summed E-state index contributed by atoms with van der Waals surface area (Å²) in [5, 5.41) is 0. The van der Waals surface area contributed by atoms with Gasteiger partial charge in [0.2, 0.25) is 0 Å². The highest BCUT2D eigenvalue weighted by molar-refractivity contribution is 7.93. The number of rotatable bonds is 11. The number of carbonyl (C=O) groups excluding carboxylic acids is 1. The smallest absolute Gasteiger partial charge is 0.327 e. The van der Waals surface area contributed by atoms with Crippen molar-refractivity contribution in [1.29, 1.82) is 0 Å². The van der Waals surface area contributed by atoms with Gasteiger partial charge < -0.3 is 14.2 Å². The molecule has 34 heavy (non-hydrogen) atoms. The second-order valence-corrected chi connectivity index (χ2v) is 11.1. The second-order valence-electron chi connectivity index (χ2n) is 8.71. The molecular formula is C26H35NO6S. The molecule has 0 spiro atoms. The monoisotopic (exact) mass is 489 g/mol. The van der Waals surface area contributed by atoms with E-state index in [1.165, 1.54) is 45.4 Å². The minimum atomic E-state index is -4.07. The third-order valence-electron chi connectivity index (χ3n) is 6.23. The number of esters is 1. The average Bonchev–Trinajstić information content (AvgIpc) is 2.85. The largest absolute Gasteiger partial charge is 0.497 e. The van der Waals surface area contributed by atoms with E-state index in [2.05, 4.69) is 4.90 Å². The maximum Gasteiger partial charge on any atom is 0.327 e. The van der Waals surface area contributed by atoms with Crippen LogP contribution in [0.25, 0.3) is 0 Å². The number of hydrogen-bond acceptors (Lipinski definition) is 7. The minimum absolute atomic E-state index is 0.0382. The van der Waals surface area contributed by atoms with Gasteiger partial charge in [-0.3, -0.25) is 9.69 Å². The number of carbonyl (C=O) groups is 1. The van der Waals surface area contributed by atoms with Crippen molar-refractivity contribution in [2.75, 3.05) is 40.0 Å². The Morgan fingerprint density at radius 3 is 2.38 bits per heavy atom. The number of methoxy groups -OCH3 is 1. The van der Waals surface area contributed by atoms with Crippen LogP contribution in [0.1, 0.15) is 38.7 Å². The van der Waals surface area contributed by atoms with Crippen LogP contribution in [0.4, 0.5) is 0 Å². The predicted molar refractivity (Wildman–Crippen MR) is 131 cm³/mol. The normalized spacial score (nSPS) is 16.4. The zero-order valence-electron chi connectivity index (χ0n) is 20.3. The molecule has 1 aliphatic heterocycles. The predicted octanol–water partition coefficient (Wildman–Crippen LogP) is 3.90. The number of benzene rings is 2. The molecule has 1 unspecified atom stereocenters. The number of nitrogens with zero attached hydrogens (tertiary/aromatic N) is 1. The molecule has 3 rings (SSSR count). The van der Waals surface area contributed by atoms with Gasteiger partial charge in [0.05, 0.1) is 18.6 Å². The molecule has 1 atom stereocenters. The van der Waals surface area contributed by atoms with Gasteiger partial charge in [-0.2, -0.15) is 0 Å². The van der Waals surface area contributed by atoms with Gasteiger partial charge in [-0.25, -0.2) is 8.42 Å². The lowest BCUT2D eigenvalue weighted by Crippen LogP contribution is -2.46. The van der Waals surface area contributed by atoms with Gasteiger partial charge in [0.15, 0.2) is 14.6 Å². The van der Waals surface area contributed by atoms with Gasteiger partial charge in [-0.15, -0.1) is 0 Å². The first-order valence-corrected chi connectivity index (χ1v) is 13.3. The highest BCUT2D eigenvalue weighted by Crippen LogP contribution is 2.32. The average molecular weight is 490 g/mol. The van der Waals surface area contributed by atoms with E-state index in [9.17, 15) is 13.2 Å². The molecule has 1 aliphatic rings. The number of piperidine rings is 1. The summed E-state index contributed by atoms with van der Waals surface area (Å²) in [6.07, 6.45) is 3.71. The molecule has 0 aliphatic carbocycles. The van der Waals surface area contributed by atoms with Crippen molar-refractivity contribution in [2.45, 2.75) is 49.2 Å². The van der Waals surface area contributed by atoms with Crippen molar-refractivity contribution in [1.82, 2.24) is 4.90 Å². The molecule has 2 aromatic carbocycles. The Hall–Kier alpha value is -2.58. The fraction of sp³-hybridized carbons (Fsp3) is 0.500. The minimum Gasteiger partial charge on any atom is -0.497 e. The Bertz CT molecular complexity index is 1050. The maximum absolute atomic E-state index is 13.6. The second kappa shape index (κ2) is 11.7. The van der Waals surface area contributed by atoms with Crippen molar-refractivity contribution in [2.24, 2.45) is 0 Å². The lowest BCUT2D eigenvalue weighted by Gasteiger charge is -2.28. The summed E-state index contributed by atoms with van der Waals surface area (Å²) in [5.74, 6) is 0.413. The van der Waals surface area contributed by atoms with Crippen molar-refractivity contribution < 1.29 is 27.4 Å². The fourth-order valence-corrected chi connectivity index (χ4v) is 5.84. The molecule has 186 valence electrons. The van der Waals surface area contributed by atoms with Crippen LogP contribution in [0.2, 0.25) is 0 Å². The van der Waals surface area contributed by atoms with Crippen LogP contribution in [0.3, 0.4) is 0 Å². The van der Waals surface area contributed by atoms with Gasteiger partial charge in [0.1, 0.15) is 18.1 Å². The van der Waals surface area contributed by atoms with Crippen LogP contribution in [0, 0.1) is 0 Å². The SMILES string of the molecule is CCOC(=O)C(C)(Cc1cccc(OCCN2CCCCC2)c1)S(=O)(=O)c1ccc(OC)cc1. The van der Waals surface area contributed by atoms with E-state index in [1.54, 1.807) is 31.2 Å². The first kappa shape index (κ1) is 26.0. The van der Waals surface area contributed by atoms with Crippen LogP contribution in [0.15, 0.2) is 53.4 Å². The summed E-state index contributed by atoms with van der Waals surface area (Å²) in [7, 11) is -2.56. The van der Waals surface area contributed by atoms with Crippen molar-refractivity contribution in [3.05, 3.63) is 54.1 Å². The zero-order valence-corrected chi connectivity index (χ0v) is 21.1. The fourth-order valence-electron chi connectivity index (χ4n) is 4.19. The summed E-state index contributed by atoms with van der Waals surface area (Å²) in [4.78, 5) is 15.4. The zero-order chi connectivity index (χ0) is 24.6. The molecule has 0 radical (unpaired) electrons. The molecular weight excluding hydrogens is 454 g/mol. The van der Waals surface area contributed by atoms with Gasteiger partial charge in [-0.1, -0.05) is 18.6 Å². The number of hydrogen-bond donors (Lipinski definition) is 0. The Labute approximate surface area is 202 Å². The Balaban J connectivity index is 1.79. The van der Waals surface area contributed by atoms with E-state index >= 15 is 0 Å². The molecule has 2 aromatic rings. The summed E-state index contributed by atoms with van der Waals surface area (Å²) in [6.45, 7) is 6.80. The first-order chi connectivity index (χ1) is 16.3. The lowest BCUT2D eigenvalue weighted by molar-refractivity contribution is -0.145. The van der Waals surface area contributed by atoms with Crippen molar-refractivity contribution in [3.8, 4) is 11.5 Å². The Morgan fingerprint density at radius 1 is 1.03 bits per heavy atom. The van der Waals surface area contributed by atoms with E-state index in [0.717, 1.165) is 19.6 Å². The number of sulfone groups is 1. The third-order valence-corrected chi connectivity index (χ3v) is 8.62. The van der Waals surface area contributed by atoms with Gasteiger partial charge in [-0.05, 0) is 81.7 Å². The molecule has 0 bridgehead atoms. The maximum atomic E-state index is 13.6. The quantitative estimate of drug-likeness (QED) is 0.443. The van der Waals surface area contributed by atoms with Crippen LogP contribution in [-0.2, 0) is 25.8 Å². The molecule has 1 saturated heterocycles. The van der Waals surface area contributed by atoms with Gasteiger partial charge in [0.25, 0.3) is 0 Å². The molecule has 0 aromatic heterocycles. The number of likely N-dealkylation sites (tertiary alicyclic amines) is 1. The molecule has 1 heterocycles. The molecule has 0 N–H and O–H groups in total. The summed E-state index contributed by atoms with van der Waals surface area (Å²) < 4.78 is 41.7. The highest BCUT2D eigenvalue weighted by Gasteiger charge is 2.48. The summed E-state index contributed by atoms with van der Waals surface area (Å²) in [6, 6.07) is 13.3. The molecule has 0 amide bonds. The van der Waals surface area contributed by atoms with Crippen LogP contribution >= 0.6 is 0 Å². The lowest BCUT2D eigenvalue weighted by atomic mass is 10.00. The molecule has 8 heteroatoms. The van der Waals surface area contributed by atoms with Gasteiger partial charge in [0, 0.05) is 13.0 Å².